The van der Waals surface area contributed by atoms with E-state index in [0.717, 1.165) is 22.5 Å². The fourth-order valence-corrected chi connectivity index (χ4v) is 3.76. The van der Waals surface area contributed by atoms with Crippen LogP contribution < -0.4 is 5.32 Å². The first-order valence-corrected chi connectivity index (χ1v) is 9.98. The molecule has 0 unspecified atom stereocenters. The molecule has 0 spiro atoms. The van der Waals surface area contributed by atoms with Gasteiger partial charge in [-0.1, -0.05) is 17.2 Å². The summed E-state index contributed by atoms with van der Waals surface area (Å²) in [6.07, 6.45) is 3.79. The molecular weight excluding hydrogens is 380 g/mol. The van der Waals surface area contributed by atoms with Gasteiger partial charge in [-0.2, -0.15) is 0 Å². The Labute approximate surface area is 175 Å². The van der Waals surface area contributed by atoms with Crippen LogP contribution >= 0.6 is 0 Å². The minimum Gasteiger partial charge on any atom is -0.345 e. The van der Waals surface area contributed by atoms with Crippen LogP contribution in [-0.4, -0.2) is 49.6 Å². The number of carbonyl (C=O) groups is 2. The van der Waals surface area contributed by atoms with E-state index in [0.29, 0.717) is 37.4 Å². The highest BCUT2D eigenvalue weighted by Crippen LogP contribution is 2.15. The maximum Gasteiger partial charge on any atom is 0.253 e. The quantitative estimate of drug-likeness (QED) is 0.717. The molecule has 0 bridgehead atoms. The lowest BCUT2D eigenvalue weighted by atomic mass is 10.1. The van der Waals surface area contributed by atoms with Gasteiger partial charge in [0, 0.05) is 49.6 Å². The first kappa shape index (κ1) is 19.8. The van der Waals surface area contributed by atoms with Crippen molar-refractivity contribution in [1.82, 2.24) is 30.0 Å². The summed E-state index contributed by atoms with van der Waals surface area (Å²) >= 11 is 0. The number of aryl methyl sites for hydroxylation is 2. The third-order valence-corrected chi connectivity index (χ3v) is 5.21. The van der Waals surface area contributed by atoms with Gasteiger partial charge in [-0.15, -0.1) is 10.2 Å². The van der Waals surface area contributed by atoms with Gasteiger partial charge in [-0.3, -0.25) is 14.6 Å². The standard InChI is InChI=1S/C22H24N6O2/c1-15-11-16(2)13-18(12-15)22(30)27-8-5-19-25-26-20(28(19)10-9-27)14-24-21(29)17-3-6-23-7-4-17/h3-4,6-7,11-13H,5,8-10,14H2,1-2H3,(H,24,29). The molecule has 2 aromatic heterocycles. The summed E-state index contributed by atoms with van der Waals surface area (Å²) in [4.78, 5) is 31.1. The monoisotopic (exact) mass is 404 g/mol. The van der Waals surface area contributed by atoms with E-state index in [-0.39, 0.29) is 18.4 Å². The maximum absolute atomic E-state index is 13.0. The zero-order valence-electron chi connectivity index (χ0n) is 17.1. The van der Waals surface area contributed by atoms with E-state index in [2.05, 4.69) is 26.6 Å². The predicted octanol–water partition coefficient (Wildman–Crippen LogP) is 1.92. The predicted molar refractivity (Wildman–Crippen MR) is 111 cm³/mol. The van der Waals surface area contributed by atoms with Crippen molar-refractivity contribution in [2.45, 2.75) is 33.4 Å². The molecule has 0 atom stereocenters. The Morgan fingerprint density at radius 3 is 2.43 bits per heavy atom. The molecule has 0 saturated carbocycles. The molecule has 1 N–H and O–H groups in total. The second-order valence-corrected chi connectivity index (χ2v) is 7.52. The molecule has 3 heterocycles. The Bertz CT molecular complexity index is 1060. The average molecular weight is 404 g/mol. The minimum atomic E-state index is -0.185. The van der Waals surface area contributed by atoms with Crippen LogP contribution in [-0.2, 0) is 19.5 Å². The van der Waals surface area contributed by atoms with E-state index < -0.39 is 0 Å². The van der Waals surface area contributed by atoms with Crippen LogP contribution in [0.3, 0.4) is 0 Å². The second kappa shape index (κ2) is 8.44. The van der Waals surface area contributed by atoms with Crippen molar-refractivity contribution in [3.63, 3.8) is 0 Å². The van der Waals surface area contributed by atoms with E-state index in [9.17, 15) is 9.59 Å². The molecular formula is C22H24N6O2. The van der Waals surface area contributed by atoms with Crippen molar-refractivity contribution in [3.05, 3.63) is 76.6 Å². The molecule has 30 heavy (non-hydrogen) atoms. The van der Waals surface area contributed by atoms with E-state index in [4.69, 9.17) is 0 Å². The van der Waals surface area contributed by atoms with E-state index >= 15 is 0 Å². The number of nitrogens with zero attached hydrogens (tertiary/aromatic N) is 5. The molecule has 8 heteroatoms. The lowest BCUT2D eigenvalue weighted by Crippen LogP contribution is -2.34. The van der Waals surface area contributed by atoms with Crippen LogP contribution in [0.4, 0.5) is 0 Å². The zero-order chi connectivity index (χ0) is 21.1. The lowest BCUT2D eigenvalue weighted by Gasteiger charge is -2.20. The van der Waals surface area contributed by atoms with Gasteiger partial charge in [0.1, 0.15) is 5.82 Å². The summed E-state index contributed by atoms with van der Waals surface area (Å²) in [5.74, 6) is 1.37. The molecule has 2 amide bonds. The molecule has 8 nitrogen and oxygen atoms in total. The first-order valence-electron chi connectivity index (χ1n) is 9.98. The Kier molecular flexibility index (Phi) is 5.56. The van der Waals surface area contributed by atoms with Crippen LogP contribution in [0.5, 0.6) is 0 Å². The number of nitrogens with one attached hydrogen (secondary N) is 1. The SMILES string of the molecule is Cc1cc(C)cc(C(=O)N2CCc3nnc(CNC(=O)c4ccncc4)n3CC2)c1. The van der Waals surface area contributed by atoms with Crippen LogP contribution in [0, 0.1) is 13.8 Å². The van der Waals surface area contributed by atoms with Gasteiger partial charge in [-0.25, -0.2) is 0 Å². The second-order valence-electron chi connectivity index (χ2n) is 7.52. The van der Waals surface area contributed by atoms with Crippen molar-refractivity contribution in [3.8, 4) is 0 Å². The number of pyridine rings is 1. The maximum atomic E-state index is 13.0. The fraction of sp³-hybridized carbons (Fsp3) is 0.318. The van der Waals surface area contributed by atoms with Crippen LogP contribution in [0.25, 0.3) is 0 Å². The first-order chi connectivity index (χ1) is 14.5. The smallest absolute Gasteiger partial charge is 0.253 e. The number of benzene rings is 1. The summed E-state index contributed by atoms with van der Waals surface area (Å²) in [7, 11) is 0. The molecule has 154 valence electrons. The average Bonchev–Trinajstić information content (AvgIpc) is 3.00. The van der Waals surface area contributed by atoms with E-state index in [1.165, 1.54) is 0 Å². The number of rotatable bonds is 4. The number of aromatic nitrogens is 4. The van der Waals surface area contributed by atoms with E-state index in [1.807, 2.05) is 35.4 Å². The molecule has 4 rings (SSSR count). The molecule has 0 radical (unpaired) electrons. The van der Waals surface area contributed by atoms with Gasteiger partial charge in [0.2, 0.25) is 0 Å². The summed E-state index contributed by atoms with van der Waals surface area (Å²) in [5.41, 5.74) is 3.43. The van der Waals surface area contributed by atoms with Crippen molar-refractivity contribution in [2.24, 2.45) is 0 Å². The number of hydrogen-bond donors (Lipinski definition) is 1. The van der Waals surface area contributed by atoms with Gasteiger partial charge < -0.3 is 14.8 Å². The number of hydrogen-bond acceptors (Lipinski definition) is 5. The van der Waals surface area contributed by atoms with Crippen molar-refractivity contribution in [2.75, 3.05) is 13.1 Å². The molecule has 1 aromatic carbocycles. The highest BCUT2D eigenvalue weighted by atomic mass is 16.2. The van der Waals surface area contributed by atoms with Crippen LogP contribution in [0.15, 0.2) is 42.7 Å². The number of amides is 2. The third kappa shape index (κ3) is 4.22. The molecule has 0 aliphatic carbocycles. The number of carbonyl (C=O) groups excluding carboxylic acids is 2. The largest absolute Gasteiger partial charge is 0.345 e. The Hall–Kier alpha value is -3.55. The van der Waals surface area contributed by atoms with Crippen molar-refractivity contribution in [1.29, 1.82) is 0 Å². The van der Waals surface area contributed by atoms with Gasteiger partial charge >= 0.3 is 0 Å². The Balaban J connectivity index is 1.42. The third-order valence-electron chi connectivity index (χ3n) is 5.21. The molecule has 3 aromatic rings. The van der Waals surface area contributed by atoms with Gasteiger partial charge in [0.05, 0.1) is 6.54 Å². The highest BCUT2D eigenvalue weighted by molar-refractivity contribution is 5.95. The molecule has 1 aliphatic heterocycles. The lowest BCUT2D eigenvalue weighted by molar-refractivity contribution is 0.0758. The summed E-state index contributed by atoms with van der Waals surface area (Å²) in [5, 5.41) is 11.4. The summed E-state index contributed by atoms with van der Waals surface area (Å²) in [6, 6.07) is 9.25. The van der Waals surface area contributed by atoms with E-state index in [1.54, 1.807) is 24.5 Å². The Morgan fingerprint density at radius 1 is 0.967 bits per heavy atom. The molecule has 0 fully saturated rings. The number of fused-ring (bicyclic) bond motifs is 1. The molecule has 0 saturated heterocycles. The van der Waals surface area contributed by atoms with Gasteiger partial charge in [0.25, 0.3) is 11.8 Å². The van der Waals surface area contributed by atoms with Crippen LogP contribution in [0.2, 0.25) is 0 Å². The normalized spacial score (nSPS) is 13.5. The zero-order valence-corrected chi connectivity index (χ0v) is 17.1. The van der Waals surface area contributed by atoms with Crippen LogP contribution in [0.1, 0.15) is 43.5 Å². The minimum absolute atomic E-state index is 0.0352. The van der Waals surface area contributed by atoms with Gasteiger partial charge in [-0.05, 0) is 38.1 Å². The molecule has 1 aliphatic rings. The summed E-state index contributed by atoms with van der Waals surface area (Å²) in [6.45, 7) is 6.04. The van der Waals surface area contributed by atoms with Gasteiger partial charge in [0.15, 0.2) is 5.82 Å². The topological polar surface area (TPSA) is 93.0 Å². The highest BCUT2D eigenvalue weighted by Gasteiger charge is 2.23. The van der Waals surface area contributed by atoms with Crippen molar-refractivity contribution < 1.29 is 9.59 Å². The van der Waals surface area contributed by atoms with Crippen molar-refractivity contribution >= 4 is 11.8 Å². The summed E-state index contributed by atoms with van der Waals surface area (Å²) < 4.78 is 2.00. The fourth-order valence-electron chi connectivity index (χ4n) is 3.76. The Morgan fingerprint density at radius 2 is 1.70 bits per heavy atom.